The lowest BCUT2D eigenvalue weighted by atomic mass is 10.1. The first-order chi connectivity index (χ1) is 11.4. The first-order valence-electron chi connectivity index (χ1n) is 8.37. The van der Waals surface area contributed by atoms with Crippen LogP contribution in [0, 0.1) is 0 Å². The summed E-state index contributed by atoms with van der Waals surface area (Å²) in [5.41, 5.74) is 1.45. The Balaban J connectivity index is 1.96. The van der Waals surface area contributed by atoms with Crippen molar-refractivity contribution in [3.05, 3.63) is 90.5 Å². The molecule has 0 saturated heterocycles. The van der Waals surface area contributed by atoms with E-state index in [1.165, 1.54) is 40.7 Å². The molecule has 3 rings (SSSR count). The molecule has 0 N–H and O–H groups in total. The molecule has 0 atom stereocenters. The van der Waals surface area contributed by atoms with E-state index < -0.39 is 7.92 Å². The Kier molecular flexibility index (Phi) is 5.61. The van der Waals surface area contributed by atoms with Gasteiger partial charge in [0, 0.05) is 0 Å². The Morgan fingerprint density at radius 2 is 1.09 bits per heavy atom. The third-order valence-electron chi connectivity index (χ3n) is 4.04. The van der Waals surface area contributed by atoms with Gasteiger partial charge in [-0.05, 0) is 42.2 Å². The van der Waals surface area contributed by atoms with E-state index in [4.69, 9.17) is 0 Å². The monoisotopic (exact) mass is 318 g/mol. The molecular weight excluding hydrogens is 295 g/mol. The summed E-state index contributed by atoms with van der Waals surface area (Å²) in [6, 6.07) is 31.1. The first-order valence-corrected chi connectivity index (χ1v) is 9.72. The van der Waals surface area contributed by atoms with E-state index in [9.17, 15) is 0 Å². The van der Waals surface area contributed by atoms with Crippen LogP contribution >= 0.6 is 7.92 Å². The van der Waals surface area contributed by atoms with Gasteiger partial charge in [-0.3, -0.25) is 0 Å². The van der Waals surface area contributed by atoms with Crippen LogP contribution in [-0.4, -0.2) is 0 Å². The zero-order valence-electron chi connectivity index (χ0n) is 13.7. The molecule has 0 amide bonds. The van der Waals surface area contributed by atoms with E-state index in [2.05, 4.69) is 91.9 Å². The summed E-state index contributed by atoms with van der Waals surface area (Å²) in [7, 11) is -0.471. The minimum atomic E-state index is -0.471. The largest absolute Gasteiger partial charge is 0.0654 e. The Morgan fingerprint density at radius 1 is 0.609 bits per heavy atom. The standard InChI is InChI=1S/C22H23P/c1-2-3-10-19-15-17-22(18-16-19)23(20-11-6-4-7-12-20)21-13-8-5-9-14-21/h4-9,11-18H,2-3,10H2,1H3. The molecule has 0 aliphatic carbocycles. The highest BCUT2D eigenvalue weighted by Crippen LogP contribution is 2.32. The van der Waals surface area contributed by atoms with Crippen LogP contribution in [0.3, 0.4) is 0 Å². The molecule has 0 radical (unpaired) electrons. The molecule has 0 bridgehead atoms. The second kappa shape index (κ2) is 8.09. The van der Waals surface area contributed by atoms with E-state index in [-0.39, 0.29) is 0 Å². The summed E-state index contributed by atoms with van der Waals surface area (Å²) in [6.45, 7) is 2.25. The average molecular weight is 318 g/mol. The van der Waals surface area contributed by atoms with Gasteiger partial charge in [0.05, 0.1) is 0 Å². The van der Waals surface area contributed by atoms with E-state index in [1.54, 1.807) is 0 Å². The zero-order chi connectivity index (χ0) is 15.9. The summed E-state index contributed by atoms with van der Waals surface area (Å²) < 4.78 is 0. The van der Waals surface area contributed by atoms with Gasteiger partial charge in [-0.15, -0.1) is 0 Å². The van der Waals surface area contributed by atoms with Crippen molar-refractivity contribution in [3.63, 3.8) is 0 Å². The van der Waals surface area contributed by atoms with Gasteiger partial charge in [-0.25, -0.2) is 0 Å². The average Bonchev–Trinajstić information content (AvgIpc) is 2.63. The summed E-state index contributed by atoms with van der Waals surface area (Å²) in [5.74, 6) is 0. The molecule has 0 heterocycles. The predicted molar refractivity (Wildman–Crippen MR) is 104 cm³/mol. The van der Waals surface area contributed by atoms with Crippen molar-refractivity contribution in [1.82, 2.24) is 0 Å². The summed E-state index contributed by atoms with van der Waals surface area (Å²) in [6.07, 6.45) is 3.71. The maximum atomic E-state index is 2.33. The summed E-state index contributed by atoms with van der Waals surface area (Å²) in [4.78, 5) is 0. The van der Waals surface area contributed by atoms with Crippen LogP contribution < -0.4 is 15.9 Å². The zero-order valence-corrected chi connectivity index (χ0v) is 14.5. The lowest BCUT2D eigenvalue weighted by Gasteiger charge is -2.19. The quantitative estimate of drug-likeness (QED) is 0.573. The minimum Gasteiger partial charge on any atom is -0.0654 e. The molecule has 0 saturated carbocycles. The lowest BCUT2D eigenvalue weighted by Crippen LogP contribution is -2.20. The second-order valence-electron chi connectivity index (χ2n) is 5.78. The Labute approximate surface area is 141 Å². The first kappa shape index (κ1) is 16.0. The third-order valence-corrected chi connectivity index (χ3v) is 6.49. The van der Waals surface area contributed by atoms with Crippen molar-refractivity contribution in [3.8, 4) is 0 Å². The van der Waals surface area contributed by atoms with Crippen LogP contribution in [0.15, 0.2) is 84.9 Å². The van der Waals surface area contributed by atoms with Gasteiger partial charge in [-0.2, -0.15) is 0 Å². The Bertz CT molecular complexity index is 662. The molecule has 0 spiro atoms. The number of benzene rings is 3. The van der Waals surface area contributed by atoms with Gasteiger partial charge in [0.25, 0.3) is 0 Å². The van der Waals surface area contributed by atoms with Crippen LogP contribution in [0.2, 0.25) is 0 Å². The van der Waals surface area contributed by atoms with Gasteiger partial charge in [0.2, 0.25) is 0 Å². The topological polar surface area (TPSA) is 0 Å². The molecule has 1 heteroatoms. The smallest absolute Gasteiger partial charge is 0.0134 e. The second-order valence-corrected chi connectivity index (χ2v) is 8.00. The number of aryl methyl sites for hydroxylation is 1. The van der Waals surface area contributed by atoms with Gasteiger partial charge in [0.15, 0.2) is 0 Å². The normalized spacial score (nSPS) is 10.9. The molecule has 23 heavy (non-hydrogen) atoms. The van der Waals surface area contributed by atoms with Crippen LogP contribution in [0.5, 0.6) is 0 Å². The molecule has 116 valence electrons. The van der Waals surface area contributed by atoms with E-state index >= 15 is 0 Å². The molecule has 0 aliphatic heterocycles. The van der Waals surface area contributed by atoms with Crippen molar-refractivity contribution < 1.29 is 0 Å². The predicted octanol–water partition coefficient (Wildman–Crippen LogP) is 4.79. The maximum Gasteiger partial charge on any atom is -0.0134 e. The highest BCUT2D eigenvalue weighted by atomic mass is 31.1. The minimum absolute atomic E-state index is 0.471. The molecule has 3 aromatic carbocycles. The highest BCUT2D eigenvalue weighted by Gasteiger charge is 2.15. The molecule has 3 aromatic rings. The Morgan fingerprint density at radius 3 is 1.57 bits per heavy atom. The molecule has 0 unspecified atom stereocenters. The van der Waals surface area contributed by atoms with Crippen molar-refractivity contribution in [1.29, 1.82) is 0 Å². The highest BCUT2D eigenvalue weighted by molar-refractivity contribution is 7.79. The van der Waals surface area contributed by atoms with E-state index in [0.717, 1.165) is 0 Å². The van der Waals surface area contributed by atoms with Crippen LogP contribution in [0.4, 0.5) is 0 Å². The SMILES string of the molecule is CCCCc1ccc(P(c2ccccc2)c2ccccc2)cc1. The fraction of sp³-hybridized carbons (Fsp3) is 0.182. The fourth-order valence-corrected chi connectivity index (χ4v) is 5.08. The van der Waals surface area contributed by atoms with Crippen molar-refractivity contribution in [2.75, 3.05) is 0 Å². The van der Waals surface area contributed by atoms with E-state index in [1.807, 2.05) is 0 Å². The van der Waals surface area contributed by atoms with Crippen LogP contribution in [0.1, 0.15) is 25.3 Å². The summed E-state index contributed by atoms with van der Waals surface area (Å²) >= 11 is 0. The molecule has 0 aromatic heterocycles. The fourth-order valence-electron chi connectivity index (χ4n) is 2.79. The van der Waals surface area contributed by atoms with Crippen molar-refractivity contribution in [2.24, 2.45) is 0 Å². The molecule has 0 nitrogen and oxygen atoms in total. The lowest BCUT2D eigenvalue weighted by molar-refractivity contribution is 0.795. The van der Waals surface area contributed by atoms with Gasteiger partial charge >= 0.3 is 0 Å². The third kappa shape index (κ3) is 4.09. The van der Waals surface area contributed by atoms with Gasteiger partial charge in [-0.1, -0.05) is 98.3 Å². The number of rotatable bonds is 6. The number of hydrogen-bond acceptors (Lipinski definition) is 0. The maximum absolute atomic E-state index is 2.33. The Hall–Kier alpha value is -1.91. The van der Waals surface area contributed by atoms with E-state index in [0.29, 0.717) is 0 Å². The van der Waals surface area contributed by atoms with Crippen molar-refractivity contribution >= 4 is 23.8 Å². The van der Waals surface area contributed by atoms with Crippen molar-refractivity contribution in [2.45, 2.75) is 26.2 Å². The van der Waals surface area contributed by atoms with Crippen LogP contribution in [-0.2, 0) is 6.42 Å². The molecule has 0 fully saturated rings. The number of unbranched alkanes of at least 4 members (excludes halogenated alkanes) is 1. The van der Waals surface area contributed by atoms with Gasteiger partial charge in [0.1, 0.15) is 0 Å². The summed E-state index contributed by atoms with van der Waals surface area (Å²) in [5, 5.41) is 4.25. The van der Waals surface area contributed by atoms with Crippen LogP contribution in [0.25, 0.3) is 0 Å². The number of hydrogen-bond donors (Lipinski definition) is 0. The molecule has 0 aliphatic rings. The molecular formula is C22H23P. The van der Waals surface area contributed by atoms with Gasteiger partial charge < -0.3 is 0 Å².